The van der Waals surface area contributed by atoms with E-state index in [-0.39, 0.29) is 5.91 Å². The molecular formula is C15H12N2O. The van der Waals surface area contributed by atoms with Crippen LogP contribution in [0.15, 0.2) is 54.6 Å². The molecule has 3 N–H and O–H groups in total. The molecular weight excluding hydrogens is 224 g/mol. The molecule has 0 atom stereocenters. The van der Waals surface area contributed by atoms with Crippen LogP contribution < -0.4 is 11.3 Å². The minimum Gasteiger partial charge on any atom is -0.290 e. The zero-order valence-corrected chi connectivity index (χ0v) is 9.68. The Hall–Kier alpha value is -2.39. The fourth-order valence-electron chi connectivity index (χ4n) is 2.16. The van der Waals surface area contributed by atoms with Crippen LogP contribution in [-0.4, -0.2) is 5.91 Å². The first-order valence-electron chi connectivity index (χ1n) is 5.71. The van der Waals surface area contributed by atoms with Gasteiger partial charge in [-0.3, -0.25) is 10.2 Å². The van der Waals surface area contributed by atoms with E-state index in [0.717, 1.165) is 16.2 Å². The number of nitrogens with two attached hydrogens (primary N) is 1. The number of hydrogen-bond donors (Lipinski definition) is 2. The first-order valence-corrected chi connectivity index (χ1v) is 5.71. The van der Waals surface area contributed by atoms with Crippen LogP contribution in [0.4, 0.5) is 0 Å². The van der Waals surface area contributed by atoms with Crippen LogP contribution in [-0.2, 0) is 0 Å². The maximum absolute atomic E-state index is 11.5. The summed E-state index contributed by atoms with van der Waals surface area (Å²) in [7, 11) is 0. The second-order valence-electron chi connectivity index (χ2n) is 4.23. The molecule has 0 bridgehead atoms. The molecule has 88 valence electrons. The highest BCUT2D eigenvalue weighted by atomic mass is 16.2. The minimum absolute atomic E-state index is 0.273. The lowest BCUT2D eigenvalue weighted by Gasteiger charge is -2.04. The van der Waals surface area contributed by atoms with E-state index < -0.39 is 0 Å². The van der Waals surface area contributed by atoms with Crippen LogP contribution in [0.3, 0.4) is 0 Å². The molecule has 0 aromatic heterocycles. The van der Waals surface area contributed by atoms with Crippen LogP contribution in [0.5, 0.6) is 0 Å². The quantitative estimate of drug-likeness (QED) is 0.295. The molecule has 3 aromatic rings. The fraction of sp³-hybridized carbons (Fsp3) is 0. The zero-order chi connectivity index (χ0) is 12.5. The van der Waals surface area contributed by atoms with Crippen molar-refractivity contribution in [1.29, 1.82) is 0 Å². The second-order valence-corrected chi connectivity index (χ2v) is 4.23. The molecule has 0 fully saturated rings. The molecule has 0 aliphatic carbocycles. The summed E-state index contributed by atoms with van der Waals surface area (Å²) in [6, 6.07) is 17.9. The Labute approximate surface area is 104 Å². The number of fused-ring (bicyclic) bond motifs is 2. The predicted octanol–water partition coefficient (Wildman–Crippen LogP) is 2.60. The number of hydrazine groups is 1. The predicted molar refractivity (Wildman–Crippen MR) is 73.1 cm³/mol. The summed E-state index contributed by atoms with van der Waals surface area (Å²) >= 11 is 0. The van der Waals surface area contributed by atoms with E-state index in [2.05, 4.69) is 29.7 Å². The van der Waals surface area contributed by atoms with E-state index in [1.165, 1.54) is 5.39 Å². The van der Waals surface area contributed by atoms with Gasteiger partial charge in [0.1, 0.15) is 0 Å². The molecule has 0 unspecified atom stereocenters. The van der Waals surface area contributed by atoms with Crippen molar-refractivity contribution in [3.05, 3.63) is 60.2 Å². The second kappa shape index (κ2) is 4.13. The summed E-state index contributed by atoms with van der Waals surface area (Å²) in [5.74, 6) is 4.87. The van der Waals surface area contributed by atoms with Gasteiger partial charge in [0.05, 0.1) is 0 Å². The third-order valence-corrected chi connectivity index (χ3v) is 3.10. The van der Waals surface area contributed by atoms with Gasteiger partial charge in [-0.25, -0.2) is 5.84 Å². The van der Waals surface area contributed by atoms with E-state index in [0.29, 0.717) is 5.56 Å². The van der Waals surface area contributed by atoms with Crippen molar-refractivity contribution in [2.45, 2.75) is 0 Å². The molecule has 0 spiro atoms. The normalized spacial score (nSPS) is 10.7. The van der Waals surface area contributed by atoms with Gasteiger partial charge in [0.15, 0.2) is 0 Å². The standard InChI is InChI=1S/C15H12N2O/c16-17-15(18)13-6-5-12-7-10-3-1-2-4-11(10)8-14(12)9-13/h1-9H,16H2,(H,17,18). The molecule has 0 radical (unpaired) electrons. The smallest absolute Gasteiger partial charge is 0.265 e. The van der Waals surface area contributed by atoms with Crippen LogP contribution in [0, 0.1) is 0 Å². The van der Waals surface area contributed by atoms with E-state index in [4.69, 9.17) is 5.84 Å². The molecule has 3 nitrogen and oxygen atoms in total. The Morgan fingerprint density at radius 1 is 0.833 bits per heavy atom. The summed E-state index contributed by atoms with van der Waals surface area (Å²) < 4.78 is 0. The lowest BCUT2D eigenvalue weighted by atomic mass is 10.0. The number of amides is 1. The Balaban J connectivity index is 2.27. The monoisotopic (exact) mass is 236 g/mol. The minimum atomic E-state index is -0.273. The highest BCUT2D eigenvalue weighted by molar-refractivity contribution is 6.02. The van der Waals surface area contributed by atoms with Gasteiger partial charge < -0.3 is 0 Å². The Kier molecular flexibility index (Phi) is 2.46. The fourth-order valence-corrected chi connectivity index (χ4v) is 2.16. The highest BCUT2D eigenvalue weighted by Crippen LogP contribution is 2.23. The molecule has 3 heteroatoms. The van der Waals surface area contributed by atoms with Crippen LogP contribution in [0.2, 0.25) is 0 Å². The first kappa shape index (κ1) is 10.7. The van der Waals surface area contributed by atoms with Crippen molar-refractivity contribution in [1.82, 2.24) is 5.43 Å². The Morgan fingerprint density at radius 3 is 2.11 bits per heavy atom. The Bertz CT molecular complexity index is 750. The molecule has 0 saturated heterocycles. The summed E-state index contributed by atoms with van der Waals surface area (Å²) in [5.41, 5.74) is 2.71. The summed E-state index contributed by atoms with van der Waals surface area (Å²) in [5, 5.41) is 4.51. The van der Waals surface area contributed by atoms with Crippen LogP contribution in [0.1, 0.15) is 10.4 Å². The van der Waals surface area contributed by atoms with Gasteiger partial charge in [0.25, 0.3) is 5.91 Å². The maximum atomic E-state index is 11.5. The summed E-state index contributed by atoms with van der Waals surface area (Å²) in [4.78, 5) is 11.5. The van der Waals surface area contributed by atoms with Crippen molar-refractivity contribution in [3.63, 3.8) is 0 Å². The number of hydrogen-bond acceptors (Lipinski definition) is 2. The van der Waals surface area contributed by atoms with Gasteiger partial charge in [-0.05, 0) is 45.8 Å². The molecule has 3 rings (SSSR count). The van der Waals surface area contributed by atoms with Crippen molar-refractivity contribution < 1.29 is 4.79 Å². The third kappa shape index (κ3) is 1.71. The largest absolute Gasteiger partial charge is 0.290 e. The zero-order valence-electron chi connectivity index (χ0n) is 9.68. The number of rotatable bonds is 1. The maximum Gasteiger partial charge on any atom is 0.265 e. The number of nitrogen functional groups attached to an aromatic ring is 1. The van der Waals surface area contributed by atoms with Crippen molar-refractivity contribution in [2.75, 3.05) is 0 Å². The van der Waals surface area contributed by atoms with Crippen molar-refractivity contribution in [2.24, 2.45) is 5.84 Å². The molecule has 3 aromatic carbocycles. The van der Waals surface area contributed by atoms with Crippen molar-refractivity contribution in [3.8, 4) is 0 Å². The van der Waals surface area contributed by atoms with E-state index in [9.17, 15) is 4.79 Å². The number of carbonyl (C=O) groups excluding carboxylic acids is 1. The molecule has 0 aliphatic heterocycles. The lowest BCUT2D eigenvalue weighted by molar-refractivity contribution is 0.0954. The summed E-state index contributed by atoms with van der Waals surface area (Å²) in [6.45, 7) is 0. The SMILES string of the molecule is NNC(=O)c1ccc2cc3ccccc3cc2c1. The van der Waals surface area contributed by atoms with Crippen molar-refractivity contribution >= 4 is 27.5 Å². The molecule has 0 heterocycles. The van der Waals surface area contributed by atoms with E-state index in [1.807, 2.05) is 24.3 Å². The summed E-state index contributed by atoms with van der Waals surface area (Å²) in [6.07, 6.45) is 0. The first-order chi connectivity index (χ1) is 8.78. The van der Waals surface area contributed by atoms with Crippen LogP contribution >= 0.6 is 0 Å². The molecule has 1 amide bonds. The average molecular weight is 236 g/mol. The van der Waals surface area contributed by atoms with Gasteiger partial charge >= 0.3 is 0 Å². The van der Waals surface area contributed by atoms with Gasteiger partial charge in [-0.15, -0.1) is 0 Å². The van der Waals surface area contributed by atoms with Gasteiger partial charge in [0.2, 0.25) is 0 Å². The molecule has 0 aliphatic rings. The van der Waals surface area contributed by atoms with Crippen LogP contribution in [0.25, 0.3) is 21.5 Å². The molecule has 0 saturated carbocycles. The average Bonchev–Trinajstić information content (AvgIpc) is 2.43. The van der Waals surface area contributed by atoms with E-state index >= 15 is 0 Å². The topological polar surface area (TPSA) is 55.1 Å². The highest BCUT2D eigenvalue weighted by Gasteiger charge is 2.04. The number of benzene rings is 3. The Morgan fingerprint density at radius 2 is 1.44 bits per heavy atom. The number of carbonyl (C=O) groups is 1. The van der Waals surface area contributed by atoms with E-state index in [1.54, 1.807) is 6.07 Å². The van der Waals surface area contributed by atoms with Gasteiger partial charge in [-0.1, -0.05) is 30.3 Å². The van der Waals surface area contributed by atoms with Gasteiger partial charge in [-0.2, -0.15) is 0 Å². The van der Waals surface area contributed by atoms with Gasteiger partial charge in [0, 0.05) is 5.56 Å². The number of nitrogens with one attached hydrogen (secondary N) is 1. The lowest BCUT2D eigenvalue weighted by Crippen LogP contribution is -2.29. The molecule has 18 heavy (non-hydrogen) atoms. The third-order valence-electron chi connectivity index (χ3n) is 3.10.